The molecule has 0 heterocycles. The van der Waals surface area contributed by atoms with E-state index in [1.807, 2.05) is 0 Å². The van der Waals surface area contributed by atoms with Crippen molar-refractivity contribution in [2.24, 2.45) is 5.73 Å². The minimum atomic E-state index is -3.93. The Morgan fingerprint density at radius 3 is 2.30 bits per heavy atom. The first-order chi connectivity index (χ1) is 10.7. The predicted octanol–water partition coefficient (Wildman–Crippen LogP) is 2.46. The number of halogens is 1. The van der Waals surface area contributed by atoms with Crippen LogP contribution in [-0.4, -0.2) is 14.3 Å². The second kappa shape index (κ2) is 6.70. The number of hydrogen-bond acceptors (Lipinski definition) is 3. The molecule has 122 valence electrons. The summed E-state index contributed by atoms with van der Waals surface area (Å²) in [4.78, 5) is 11.8. The molecule has 0 aromatic heterocycles. The Balaban J connectivity index is 2.44. The van der Waals surface area contributed by atoms with Crippen LogP contribution in [0, 0.1) is 13.8 Å². The van der Waals surface area contributed by atoms with Gasteiger partial charge in [-0.05, 0) is 42.7 Å². The van der Waals surface area contributed by atoms with E-state index in [4.69, 9.17) is 17.3 Å². The number of carbonyl (C=O) groups excluding carboxylic acids is 1. The van der Waals surface area contributed by atoms with Crippen LogP contribution in [-0.2, 0) is 14.8 Å². The normalized spacial score (nSPS) is 12.8. The Morgan fingerprint density at radius 1 is 1.13 bits per heavy atom. The van der Waals surface area contributed by atoms with Crippen molar-refractivity contribution in [1.82, 2.24) is 4.72 Å². The van der Waals surface area contributed by atoms with Crippen LogP contribution in [0.3, 0.4) is 0 Å². The number of hydrogen-bond donors (Lipinski definition) is 2. The van der Waals surface area contributed by atoms with Crippen molar-refractivity contribution >= 4 is 27.5 Å². The highest BCUT2D eigenvalue weighted by Gasteiger charge is 2.26. The van der Waals surface area contributed by atoms with Gasteiger partial charge in [-0.1, -0.05) is 41.9 Å². The van der Waals surface area contributed by atoms with Gasteiger partial charge in [-0.2, -0.15) is 4.72 Å². The minimum absolute atomic E-state index is 0.0709. The van der Waals surface area contributed by atoms with Crippen molar-refractivity contribution in [3.05, 3.63) is 64.2 Å². The molecule has 2 aromatic carbocycles. The fraction of sp³-hybridized carbons (Fsp3) is 0.188. The summed E-state index contributed by atoms with van der Waals surface area (Å²) in [5.41, 5.74) is 6.96. The number of sulfonamides is 1. The summed E-state index contributed by atoms with van der Waals surface area (Å²) in [7, 11) is -3.93. The molecule has 0 spiro atoms. The van der Waals surface area contributed by atoms with Crippen LogP contribution in [0.1, 0.15) is 22.7 Å². The molecule has 1 amide bonds. The van der Waals surface area contributed by atoms with Gasteiger partial charge < -0.3 is 5.73 Å². The number of amides is 1. The first-order valence-electron chi connectivity index (χ1n) is 6.85. The summed E-state index contributed by atoms with van der Waals surface area (Å²) in [6, 6.07) is 10.4. The van der Waals surface area contributed by atoms with Gasteiger partial charge in [0, 0.05) is 5.02 Å². The Hall–Kier alpha value is -1.89. The summed E-state index contributed by atoms with van der Waals surface area (Å²) < 4.78 is 27.7. The molecule has 7 heteroatoms. The smallest absolute Gasteiger partial charge is 0.241 e. The van der Waals surface area contributed by atoms with Crippen molar-refractivity contribution in [3.63, 3.8) is 0 Å². The maximum Gasteiger partial charge on any atom is 0.241 e. The van der Waals surface area contributed by atoms with Crippen LogP contribution in [0.2, 0.25) is 5.02 Å². The molecule has 0 radical (unpaired) electrons. The molecular weight excluding hydrogens is 336 g/mol. The highest BCUT2D eigenvalue weighted by Crippen LogP contribution is 2.25. The maximum absolute atomic E-state index is 12.6. The zero-order valence-electron chi connectivity index (χ0n) is 12.7. The van der Waals surface area contributed by atoms with E-state index in [0.29, 0.717) is 21.7 Å². The number of nitrogens with one attached hydrogen (secondary N) is 1. The zero-order chi connectivity index (χ0) is 17.2. The van der Waals surface area contributed by atoms with Crippen LogP contribution in [0.4, 0.5) is 0 Å². The van der Waals surface area contributed by atoms with E-state index in [0.717, 1.165) is 0 Å². The molecule has 0 aliphatic carbocycles. The van der Waals surface area contributed by atoms with Crippen LogP contribution in [0.5, 0.6) is 0 Å². The molecule has 2 aromatic rings. The highest BCUT2D eigenvalue weighted by molar-refractivity contribution is 7.89. The fourth-order valence-electron chi connectivity index (χ4n) is 2.20. The van der Waals surface area contributed by atoms with Gasteiger partial charge in [-0.15, -0.1) is 0 Å². The maximum atomic E-state index is 12.6. The van der Waals surface area contributed by atoms with Crippen molar-refractivity contribution in [2.45, 2.75) is 24.8 Å². The zero-order valence-corrected chi connectivity index (χ0v) is 14.3. The van der Waals surface area contributed by atoms with E-state index in [1.54, 1.807) is 50.2 Å². The molecule has 0 saturated heterocycles. The molecule has 1 unspecified atom stereocenters. The van der Waals surface area contributed by atoms with E-state index >= 15 is 0 Å². The van der Waals surface area contributed by atoms with Gasteiger partial charge >= 0.3 is 0 Å². The number of benzene rings is 2. The van der Waals surface area contributed by atoms with E-state index in [-0.39, 0.29) is 4.90 Å². The number of primary amides is 1. The van der Waals surface area contributed by atoms with Gasteiger partial charge in [-0.25, -0.2) is 8.42 Å². The molecule has 23 heavy (non-hydrogen) atoms. The molecule has 5 nitrogen and oxygen atoms in total. The molecule has 3 N–H and O–H groups in total. The minimum Gasteiger partial charge on any atom is -0.368 e. The standard InChI is InChI=1S/C16H17ClN2O3S/c1-10-9-14(11(2)8-13(10)17)23(21,22)19-15(16(18)20)12-6-4-3-5-7-12/h3-9,15,19H,1-2H3,(H2,18,20). The number of aryl methyl sites for hydroxylation is 2. The summed E-state index contributed by atoms with van der Waals surface area (Å²) in [5, 5.41) is 0.482. The third-order valence-corrected chi connectivity index (χ3v) is 5.41. The summed E-state index contributed by atoms with van der Waals surface area (Å²) in [5.74, 6) is -0.775. The Bertz CT molecular complexity index is 836. The van der Waals surface area contributed by atoms with E-state index in [1.165, 1.54) is 6.07 Å². The lowest BCUT2D eigenvalue weighted by Gasteiger charge is -2.17. The Morgan fingerprint density at radius 2 is 1.74 bits per heavy atom. The van der Waals surface area contributed by atoms with E-state index in [9.17, 15) is 13.2 Å². The van der Waals surface area contributed by atoms with Gasteiger partial charge in [0.05, 0.1) is 4.90 Å². The molecule has 0 fully saturated rings. The van der Waals surface area contributed by atoms with E-state index in [2.05, 4.69) is 4.72 Å². The molecule has 0 saturated carbocycles. The monoisotopic (exact) mass is 352 g/mol. The van der Waals surface area contributed by atoms with Crippen LogP contribution >= 0.6 is 11.6 Å². The largest absolute Gasteiger partial charge is 0.368 e. The number of carbonyl (C=O) groups is 1. The van der Waals surface area contributed by atoms with Gasteiger partial charge in [0.2, 0.25) is 15.9 Å². The lowest BCUT2D eigenvalue weighted by Crippen LogP contribution is -2.37. The lowest BCUT2D eigenvalue weighted by atomic mass is 10.1. The topological polar surface area (TPSA) is 89.3 Å². The predicted molar refractivity (Wildman–Crippen MR) is 89.6 cm³/mol. The average Bonchev–Trinajstić information content (AvgIpc) is 2.49. The Kier molecular flexibility index (Phi) is 5.09. The van der Waals surface area contributed by atoms with Crippen molar-refractivity contribution < 1.29 is 13.2 Å². The summed E-state index contributed by atoms with van der Waals surface area (Å²) in [6.07, 6.45) is 0. The van der Waals surface area contributed by atoms with Crippen LogP contribution in [0.15, 0.2) is 47.4 Å². The van der Waals surface area contributed by atoms with Crippen LogP contribution in [0.25, 0.3) is 0 Å². The van der Waals surface area contributed by atoms with Crippen molar-refractivity contribution in [2.75, 3.05) is 0 Å². The van der Waals surface area contributed by atoms with Crippen LogP contribution < -0.4 is 10.5 Å². The fourth-order valence-corrected chi connectivity index (χ4v) is 3.92. The summed E-state index contributed by atoms with van der Waals surface area (Å²) in [6.45, 7) is 3.35. The number of rotatable bonds is 5. The van der Waals surface area contributed by atoms with Crippen molar-refractivity contribution in [1.29, 1.82) is 0 Å². The second-order valence-electron chi connectivity index (χ2n) is 5.23. The molecular formula is C16H17ClN2O3S. The molecule has 2 rings (SSSR count). The third kappa shape index (κ3) is 3.90. The first-order valence-corrected chi connectivity index (χ1v) is 8.72. The van der Waals surface area contributed by atoms with Gasteiger partial charge in [0.15, 0.2) is 0 Å². The molecule has 0 bridgehead atoms. The quantitative estimate of drug-likeness (QED) is 0.866. The SMILES string of the molecule is Cc1cc(S(=O)(=O)NC(C(N)=O)c2ccccc2)c(C)cc1Cl. The molecule has 0 aliphatic heterocycles. The van der Waals surface area contributed by atoms with Gasteiger partial charge in [0.25, 0.3) is 0 Å². The lowest BCUT2D eigenvalue weighted by molar-refractivity contribution is -0.119. The van der Waals surface area contributed by atoms with Gasteiger partial charge in [-0.3, -0.25) is 4.79 Å². The van der Waals surface area contributed by atoms with Gasteiger partial charge in [0.1, 0.15) is 6.04 Å². The number of nitrogens with two attached hydrogens (primary N) is 1. The average molecular weight is 353 g/mol. The second-order valence-corrected chi connectivity index (χ2v) is 7.32. The summed E-state index contributed by atoms with van der Waals surface area (Å²) >= 11 is 6.00. The first kappa shape index (κ1) is 17.5. The van der Waals surface area contributed by atoms with E-state index < -0.39 is 22.0 Å². The van der Waals surface area contributed by atoms with Crippen molar-refractivity contribution in [3.8, 4) is 0 Å². The highest BCUT2D eigenvalue weighted by atomic mass is 35.5. The molecule has 1 atom stereocenters. The third-order valence-electron chi connectivity index (χ3n) is 3.44. The Labute approximate surface area is 140 Å². The molecule has 0 aliphatic rings.